The third kappa shape index (κ3) is 3.28. The van der Waals surface area contributed by atoms with Gasteiger partial charge < -0.3 is 5.73 Å². The lowest BCUT2D eigenvalue weighted by molar-refractivity contribution is 0.248. The van der Waals surface area contributed by atoms with Crippen LogP contribution in [0.3, 0.4) is 0 Å². The summed E-state index contributed by atoms with van der Waals surface area (Å²) in [5.74, 6) is -0.833. The molecule has 5 nitrogen and oxygen atoms in total. The summed E-state index contributed by atoms with van der Waals surface area (Å²) in [5, 5.41) is 0. The van der Waals surface area contributed by atoms with Crippen molar-refractivity contribution in [2.24, 2.45) is 0 Å². The summed E-state index contributed by atoms with van der Waals surface area (Å²) < 4.78 is 40.4. The first-order valence-electron chi connectivity index (χ1n) is 6.58. The maximum atomic E-state index is 13.7. The highest BCUT2D eigenvalue weighted by molar-refractivity contribution is 7.89. The molecule has 1 aliphatic rings. The average molecular weight is 301 g/mol. The number of benzene rings is 1. The maximum Gasteiger partial charge on any atom is 0.245 e. The van der Waals surface area contributed by atoms with Crippen LogP contribution >= 0.6 is 0 Å². The number of anilines is 1. The van der Waals surface area contributed by atoms with Gasteiger partial charge in [0.1, 0.15) is 10.7 Å². The van der Waals surface area contributed by atoms with E-state index in [2.05, 4.69) is 9.62 Å². The predicted octanol–water partition coefficient (Wildman–Crippen LogP) is 1.17. The number of hydrogen-bond donors (Lipinski definition) is 2. The Morgan fingerprint density at radius 2 is 2.15 bits per heavy atom. The summed E-state index contributed by atoms with van der Waals surface area (Å²) in [5.41, 5.74) is 5.48. The molecule has 1 unspecified atom stereocenters. The first kappa shape index (κ1) is 15.2. The Morgan fingerprint density at radius 1 is 1.50 bits per heavy atom. The molecule has 7 heteroatoms. The molecule has 1 aliphatic carbocycles. The Kier molecular flexibility index (Phi) is 4.31. The van der Waals surface area contributed by atoms with Gasteiger partial charge in [-0.2, -0.15) is 0 Å². The van der Waals surface area contributed by atoms with Crippen LogP contribution in [0.2, 0.25) is 0 Å². The molecule has 0 aliphatic heterocycles. The minimum absolute atomic E-state index is 0.0465. The van der Waals surface area contributed by atoms with Crippen LogP contribution in [0.25, 0.3) is 0 Å². The molecule has 1 aromatic rings. The number of rotatable bonds is 6. The number of nitrogen functional groups attached to an aromatic ring is 1. The van der Waals surface area contributed by atoms with Crippen molar-refractivity contribution in [3.05, 3.63) is 24.0 Å². The zero-order valence-electron chi connectivity index (χ0n) is 11.6. The Morgan fingerprint density at radius 3 is 2.70 bits per heavy atom. The van der Waals surface area contributed by atoms with Gasteiger partial charge in [-0.05, 0) is 38.9 Å². The lowest BCUT2D eigenvalue weighted by Gasteiger charge is -2.24. The van der Waals surface area contributed by atoms with Gasteiger partial charge in [-0.3, -0.25) is 4.90 Å². The fourth-order valence-corrected chi connectivity index (χ4v) is 3.41. The molecular formula is C13H20FN3O2S. The van der Waals surface area contributed by atoms with Gasteiger partial charge in [0.25, 0.3) is 0 Å². The van der Waals surface area contributed by atoms with Crippen LogP contribution in [0, 0.1) is 5.82 Å². The summed E-state index contributed by atoms with van der Waals surface area (Å²) in [6.45, 7) is 2.16. The van der Waals surface area contributed by atoms with Crippen molar-refractivity contribution in [1.82, 2.24) is 9.62 Å². The van der Waals surface area contributed by atoms with E-state index >= 15 is 0 Å². The fraction of sp³-hybridized carbons (Fsp3) is 0.538. The topological polar surface area (TPSA) is 75.4 Å². The van der Waals surface area contributed by atoms with Crippen LogP contribution in [-0.4, -0.2) is 39.0 Å². The lowest BCUT2D eigenvalue weighted by Crippen LogP contribution is -2.41. The highest BCUT2D eigenvalue weighted by atomic mass is 32.2. The van der Waals surface area contributed by atoms with Crippen molar-refractivity contribution < 1.29 is 12.8 Å². The van der Waals surface area contributed by atoms with E-state index in [9.17, 15) is 12.8 Å². The van der Waals surface area contributed by atoms with Crippen LogP contribution < -0.4 is 10.5 Å². The Bertz CT molecular complexity index is 567. The smallest absolute Gasteiger partial charge is 0.245 e. The molecule has 1 fully saturated rings. The average Bonchev–Trinajstić information content (AvgIpc) is 3.19. The lowest BCUT2D eigenvalue weighted by atomic mass is 10.3. The third-order valence-electron chi connectivity index (χ3n) is 3.65. The maximum absolute atomic E-state index is 13.7. The van der Waals surface area contributed by atoms with E-state index in [0.29, 0.717) is 6.04 Å². The summed E-state index contributed by atoms with van der Waals surface area (Å²) in [6, 6.07) is 4.42. The SMILES string of the molecule is CC(CNS(=O)(=O)c1c(N)cccc1F)N(C)C1CC1. The van der Waals surface area contributed by atoms with Crippen LogP contribution in [0.1, 0.15) is 19.8 Å². The molecule has 0 heterocycles. The molecule has 0 aromatic heterocycles. The van der Waals surface area contributed by atoms with Crippen molar-refractivity contribution in [1.29, 1.82) is 0 Å². The van der Waals surface area contributed by atoms with E-state index in [1.165, 1.54) is 12.1 Å². The van der Waals surface area contributed by atoms with Gasteiger partial charge >= 0.3 is 0 Å². The molecule has 20 heavy (non-hydrogen) atoms. The molecule has 112 valence electrons. The number of nitrogens with zero attached hydrogens (tertiary/aromatic N) is 1. The van der Waals surface area contributed by atoms with Crippen molar-refractivity contribution in [2.45, 2.75) is 36.7 Å². The van der Waals surface area contributed by atoms with Gasteiger partial charge in [-0.15, -0.1) is 0 Å². The highest BCUT2D eigenvalue weighted by Crippen LogP contribution is 2.27. The van der Waals surface area contributed by atoms with Gasteiger partial charge in [0.2, 0.25) is 10.0 Å². The van der Waals surface area contributed by atoms with Crippen molar-refractivity contribution in [3.8, 4) is 0 Å². The molecule has 1 atom stereocenters. The van der Waals surface area contributed by atoms with E-state index < -0.39 is 20.7 Å². The van der Waals surface area contributed by atoms with Gasteiger partial charge in [-0.25, -0.2) is 17.5 Å². The summed E-state index contributed by atoms with van der Waals surface area (Å²) >= 11 is 0. The molecule has 0 bridgehead atoms. The van der Waals surface area contributed by atoms with E-state index in [0.717, 1.165) is 18.9 Å². The summed E-state index contributed by atoms with van der Waals surface area (Å²) in [7, 11) is -1.97. The third-order valence-corrected chi connectivity index (χ3v) is 5.17. The van der Waals surface area contributed by atoms with E-state index in [1.54, 1.807) is 0 Å². The molecule has 0 radical (unpaired) electrons. The number of halogens is 1. The van der Waals surface area contributed by atoms with E-state index in [4.69, 9.17) is 5.73 Å². The molecule has 0 saturated heterocycles. The van der Waals surface area contributed by atoms with Crippen LogP contribution in [0.4, 0.5) is 10.1 Å². The zero-order chi connectivity index (χ0) is 14.9. The predicted molar refractivity (Wildman–Crippen MR) is 76.2 cm³/mol. The Hall–Kier alpha value is -1.18. The number of nitrogens with two attached hydrogens (primary N) is 1. The second-order valence-electron chi connectivity index (χ2n) is 5.26. The molecule has 0 spiro atoms. The first-order valence-corrected chi connectivity index (χ1v) is 8.07. The highest BCUT2D eigenvalue weighted by Gasteiger charge is 2.30. The molecule has 0 amide bonds. The van der Waals surface area contributed by atoms with Gasteiger partial charge in [-0.1, -0.05) is 6.07 Å². The van der Waals surface area contributed by atoms with Crippen molar-refractivity contribution >= 4 is 15.7 Å². The van der Waals surface area contributed by atoms with Crippen LogP contribution in [0.5, 0.6) is 0 Å². The Labute approximate surface area is 119 Å². The van der Waals surface area contributed by atoms with Crippen molar-refractivity contribution in [2.75, 3.05) is 19.3 Å². The molecule has 1 aromatic carbocycles. The molecule has 3 N–H and O–H groups in total. The summed E-state index contributed by atoms with van der Waals surface area (Å²) in [4.78, 5) is 1.66. The number of hydrogen-bond acceptors (Lipinski definition) is 4. The summed E-state index contributed by atoms with van der Waals surface area (Å²) in [6.07, 6.45) is 2.29. The van der Waals surface area contributed by atoms with Crippen molar-refractivity contribution in [3.63, 3.8) is 0 Å². The quantitative estimate of drug-likeness (QED) is 0.773. The minimum Gasteiger partial charge on any atom is -0.398 e. The van der Waals surface area contributed by atoms with Gasteiger partial charge in [0.15, 0.2) is 0 Å². The van der Waals surface area contributed by atoms with E-state index in [1.807, 2.05) is 14.0 Å². The number of nitrogens with one attached hydrogen (secondary N) is 1. The molecular weight excluding hydrogens is 281 g/mol. The normalized spacial score (nSPS) is 17.4. The van der Waals surface area contributed by atoms with Crippen LogP contribution in [0.15, 0.2) is 23.1 Å². The Balaban J connectivity index is 2.07. The van der Waals surface area contributed by atoms with Gasteiger partial charge in [0.05, 0.1) is 5.69 Å². The monoisotopic (exact) mass is 301 g/mol. The second-order valence-corrected chi connectivity index (χ2v) is 6.96. The largest absolute Gasteiger partial charge is 0.398 e. The number of sulfonamides is 1. The minimum atomic E-state index is -3.93. The second kappa shape index (κ2) is 5.67. The van der Waals surface area contributed by atoms with Crippen LogP contribution in [-0.2, 0) is 10.0 Å². The van der Waals surface area contributed by atoms with E-state index in [-0.39, 0.29) is 18.3 Å². The molecule has 1 saturated carbocycles. The zero-order valence-corrected chi connectivity index (χ0v) is 12.5. The fourth-order valence-electron chi connectivity index (χ4n) is 2.10. The van der Waals surface area contributed by atoms with Gasteiger partial charge in [0, 0.05) is 18.6 Å². The first-order chi connectivity index (χ1) is 9.33. The number of likely N-dealkylation sites (N-methyl/N-ethyl adjacent to an activating group) is 1. The standard InChI is InChI=1S/C13H20FN3O2S/c1-9(17(2)10-6-7-10)8-16-20(18,19)13-11(14)4-3-5-12(13)15/h3-5,9-10,16H,6-8,15H2,1-2H3. The molecule has 2 rings (SSSR count).